The molecule has 1 aliphatic heterocycles. The summed E-state index contributed by atoms with van der Waals surface area (Å²) >= 11 is 0. The average molecular weight is 274 g/mol. The van der Waals surface area contributed by atoms with E-state index in [2.05, 4.69) is 43.7 Å². The van der Waals surface area contributed by atoms with Crippen LogP contribution in [0.3, 0.4) is 0 Å². The van der Waals surface area contributed by atoms with E-state index >= 15 is 0 Å². The molecular formula is C16H26N4. The molecule has 4 heteroatoms. The quantitative estimate of drug-likeness (QED) is 0.649. The van der Waals surface area contributed by atoms with E-state index in [0.29, 0.717) is 11.8 Å². The number of fused-ring (bicyclic) bond motifs is 1. The van der Waals surface area contributed by atoms with Crippen molar-refractivity contribution in [1.82, 2.24) is 4.57 Å². The van der Waals surface area contributed by atoms with Gasteiger partial charge in [0.05, 0.1) is 17.6 Å². The van der Waals surface area contributed by atoms with Crippen molar-refractivity contribution in [2.24, 2.45) is 21.6 Å². The van der Waals surface area contributed by atoms with E-state index in [0.717, 1.165) is 18.7 Å². The first-order chi connectivity index (χ1) is 9.56. The molecule has 0 aromatic carbocycles. The number of nitrogens with zero attached hydrogens (tertiary/aromatic N) is 3. The van der Waals surface area contributed by atoms with Crippen LogP contribution in [-0.2, 0) is 0 Å². The van der Waals surface area contributed by atoms with Gasteiger partial charge in [0, 0.05) is 12.6 Å². The van der Waals surface area contributed by atoms with Crippen molar-refractivity contribution >= 4 is 11.7 Å². The number of hydrogen-bond acceptors (Lipinski definition) is 2. The highest BCUT2D eigenvalue weighted by Gasteiger charge is 2.30. The third-order valence-corrected chi connectivity index (χ3v) is 4.16. The van der Waals surface area contributed by atoms with Crippen LogP contribution in [-0.4, -0.2) is 22.3 Å². The summed E-state index contributed by atoms with van der Waals surface area (Å²) in [6.07, 6.45) is 5.07. The van der Waals surface area contributed by atoms with Gasteiger partial charge in [0.2, 0.25) is 0 Å². The second-order valence-corrected chi connectivity index (χ2v) is 5.71. The predicted molar refractivity (Wildman–Crippen MR) is 85.5 cm³/mol. The number of aliphatic imine (C=N–C) groups is 2. The van der Waals surface area contributed by atoms with Crippen molar-refractivity contribution in [3.8, 4) is 0 Å². The molecule has 1 aromatic rings. The lowest BCUT2D eigenvalue weighted by Gasteiger charge is -2.30. The highest BCUT2D eigenvalue weighted by Crippen LogP contribution is 2.32. The van der Waals surface area contributed by atoms with E-state index in [9.17, 15) is 0 Å². The fraction of sp³-hybridized carbons (Fsp3) is 0.625. The highest BCUT2D eigenvalue weighted by atomic mass is 15.1. The van der Waals surface area contributed by atoms with Gasteiger partial charge in [0.15, 0.2) is 0 Å². The molecule has 0 spiro atoms. The Kier molecular flexibility index (Phi) is 4.63. The topological polar surface area (TPSA) is 55.7 Å². The summed E-state index contributed by atoms with van der Waals surface area (Å²) in [6.45, 7) is 8.61. The molecule has 2 heterocycles. The van der Waals surface area contributed by atoms with Crippen molar-refractivity contribution in [1.29, 1.82) is 0 Å². The highest BCUT2D eigenvalue weighted by molar-refractivity contribution is 5.85. The van der Waals surface area contributed by atoms with Gasteiger partial charge in [0.25, 0.3) is 0 Å². The lowest BCUT2D eigenvalue weighted by molar-refractivity contribution is 0.399. The van der Waals surface area contributed by atoms with Gasteiger partial charge in [-0.2, -0.15) is 0 Å². The third-order valence-electron chi connectivity index (χ3n) is 4.16. The summed E-state index contributed by atoms with van der Waals surface area (Å²) in [4.78, 5) is 9.61. The monoisotopic (exact) mass is 274 g/mol. The normalized spacial score (nSPS) is 24.2. The summed E-state index contributed by atoms with van der Waals surface area (Å²) in [7, 11) is 0. The van der Waals surface area contributed by atoms with Crippen molar-refractivity contribution in [2.45, 2.75) is 59.0 Å². The minimum atomic E-state index is 0.0580. The fourth-order valence-corrected chi connectivity index (χ4v) is 2.68. The number of hydrogen-bond donors (Lipinski definition) is 1. The molecule has 3 unspecified atom stereocenters. The van der Waals surface area contributed by atoms with E-state index in [1.165, 1.54) is 12.1 Å². The smallest absolute Gasteiger partial charge is 0.115 e. The Morgan fingerprint density at radius 1 is 1.50 bits per heavy atom. The first kappa shape index (κ1) is 14.8. The van der Waals surface area contributed by atoms with Crippen LogP contribution in [0.4, 0.5) is 0 Å². The molecule has 0 bridgehead atoms. The molecular weight excluding hydrogens is 248 g/mol. The van der Waals surface area contributed by atoms with Crippen molar-refractivity contribution in [3.63, 3.8) is 0 Å². The summed E-state index contributed by atoms with van der Waals surface area (Å²) < 4.78 is 2.13. The van der Waals surface area contributed by atoms with Crippen LogP contribution in [0, 0.1) is 5.92 Å². The molecule has 0 aliphatic carbocycles. The molecule has 20 heavy (non-hydrogen) atoms. The first-order valence-electron chi connectivity index (χ1n) is 7.60. The lowest BCUT2D eigenvalue weighted by atomic mass is 9.92. The number of aromatic nitrogens is 1. The van der Waals surface area contributed by atoms with Crippen LogP contribution >= 0.6 is 0 Å². The average Bonchev–Trinajstić information content (AvgIpc) is 2.92. The van der Waals surface area contributed by atoms with E-state index in [-0.39, 0.29) is 12.1 Å². The van der Waals surface area contributed by atoms with Crippen molar-refractivity contribution < 1.29 is 0 Å². The van der Waals surface area contributed by atoms with E-state index < -0.39 is 0 Å². The summed E-state index contributed by atoms with van der Waals surface area (Å²) in [6, 6.07) is 4.46. The molecule has 4 nitrogen and oxygen atoms in total. The SMILES string of the molecule is CCC(N)=NC1c2cccn2C(C)=NC1CC(C)CC. The Bertz CT molecular complexity index is 512. The van der Waals surface area contributed by atoms with Gasteiger partial charge in [0.1, 0.15) is 11.9 Å². The second-order valence-electron chi connectivity index (χ2n) is 5.71. The van der Waals surface area contributed by atoms with Crippen LogP contribution in [0.2, 0.25) is 0 Å². The molecule has 110 valence electrons. The summed E-state index contributed by atoms with van der Waals surface area (Å²) in [5.41, 5.74) is 7.19. The Hall–Kier alpha value is -1.58. The molecule has 0 saturated heterocycles. The molecule has 0 fully saturated rings. The van der Waals surface area contributed by atoms with Crippen LogP contribution < -0.4 is 5.73 Å². The lowest BCUT2D eigenvalue weighted by Crippen LogP contribution is -2.30. The molecule has 2 rings (SSSR count). The molecule has 0 saturated carbocycles. The fourth-order valence-electron chi connectivity index (χ4n) is 2.68. The molecule has 1 aliphatic rings. The van der Waals surface area contributed by atoms with Gasteiger partial charge >= 0.3 is 0 Å². The zero-order chi connectivity index (χ0) is 14.7. The Balaban J connectivity index is 2.36. The van der Waals surface area contributed by atoms with Gasteiger partial charge < -0.3 is 10.3 Å². The Morgan fingerprint density at radius 2 is 2.25 bits per heavy atom. The van der Waals surface area contributed by atoms with Gasteiger partial charge in [-0.3, -0.25) is 9.98 Å². The van der Waals surface area contributed by atoms with Crippen LogP contribution in [0.25, 0.3) is 0 Å². The standard InChI is InChI=1S/C16H26N4/c1-5-11(3)10-13-16(19-15(17)6-2)14-8-7-9-20(14)12(4)18-13/h7-9,11,13,16H,5-6,10H2,1-4H3,(H2,17,19). The van der Waals surface area contributed by atoms with Gasteiger partial charge in [-0.15, -0.1) is 0 Å². The maximum absolute atomic E-state index is 5.98. The first-order valence-corrected chi connectivity index (χ1v) is 7.60. The predicted octanol–water partition coefficient (Wildman–Crippen LogP) is 3.38. The third kappa shape index (κ3) is 2.94. The molecule has 0 amide bonds. The molecule has 2 N–H and O–H groups in total. The van der Waals surface area contributed by atoms with E-state index in [1.54, 1.807) is 0 Å². The van der Waals surface area contributed by atoms with Gasteiger partial charge in [-0.05, 0) is 31.4 Å². The van der Waals surface area contributed by atoms with E-state index in [4.69, 9.17) is 15.7 Å². The van der Waals surface area contributed by atoms with E-state index in [1.807, 2.05) is 6.92 Å². The summed E-state index contributed by atoms with van der Waals surface area (Å²) in [5, 5.41) is 0. The molecule has 0 radical (unpaired) electrons. The zero-order valence-corrected chi connectivity index (χ0v) is 13.0. The van der Waals surface area contributed by atoms with Crippen LogP contribution in [0.5, 0.6) is 0 Å². The summed E-state index contributed by atoms with van der Waals surface area (Å²) in [5.74, 6) is 2.42. The Morgan fingerprint density at radius 3 is 2.90 bits per heavy atom. The van der Waals surface area contributed by atoms with Crippen LogP contribution in [0.15, 0.2) is 28.3 Å². The maximum atomic E-state index is 5.98. The van der Waals surface area contributed by atoms with Crippen molar-refractivity contribution in [2.75, 3.05) is 0 Å². The van der Waals surface area contributed by atoms with Crippen molar-refractivity contribution in [3.05, 3.63) is 24.0 Å². The molecule has 1 aromatic heterocycles. The largest absolute Gasteiger partial charge is 0.387 e. The van der Waals surface area contributed by atoms with Crippen LogP contribution in [0.1, 0.15) is 58.7 Å². The minimum absolute atomic E-state index is 0.0580. The Labute approximate surface area is 121 Å². The number of amidine groups is 1. The number of nitrogens with two attached hydrogens (primary N) is 1. The maximum Gasteiger partial charge on any atom is 0.115 e. The minimum Gasteiger partial charge on any atom is -0.387 e. The molecule has 3 atom stereocenters. The van der Waals surface area contributed by atoms with Gasteiger partial charge in [-0.25, -0.2) is 0 Å². The zero-order valence-electron chi connectivity index (χ0n) is 13.0. The number of rotatable bonds is 5. The second kappa shape index (κ2) is 6.25. The van der Waals surface area contributed by atoms with Gasteiger partial charge in [-0.1, -0.05) is 27.2 Å².